The number of nitrogens with zero attached hydrogens (tertiary/aromatic N) is 2. The third-order valence-electron chi connectivity index (χ3n) is 11.8. The van der Waals surface area contributed by atoms with Gasteiger partial charge in [0.25, 0.3) is 0 Å². The number of allylic oxidation sites excluding steroid dienone is 3. The molecule has 0 radical (unpaired) electrons. The minimum atomic E-state index is -2.84. The zero-order valence-corrected chi connectivity index (χ0v) is 35.1. The van der Waals surface area contributed by atoms with Gasteiger partial charge < -0.3 is 8.90 Å². The van der Waals surface area contributed by atoms with Gasteiger partial charge in [-0.2, -0.15) is 0 Å². The predicted molar refractivity (Wildman–Crippen MR) is 249 cm³/mol. The van der Waals surface area contributed by atoms with Crippen LogP contribution in [0.3, 0.4) is 0 Å². The number of para-hydroxylation sites is 2. The summed E-state index contributed by atoms with van der Waals surface area (Å²) in [4.78, 5) is 5.57. The third-order valence-corrected chi connectivity index (χ3v) is 11.8. The van der Waals surface area contributed by atoms with Crippen molar-refractivity contribution < 1.29 is 13.0 Å². The summed E-state index contributed by atoms with van der Waals surface area (Å²) < 4.78 is 39.9. The van der Waals surface area contributed by atoms with Gasteiger partial charge >= 0.3 is 7.40 Å². The summed E-state index contributed by atoms with van der Waals surface area (Å²) in [5, 5.41) is 2.03. The van der Waals surface area contributed by atoms with Gasteiger partial charge in [-0.05, 0) is 63.3 Å². The number of aromatic nitrogens is 1. The molecule has 296 valence electrons. The van der Waals surface area contributed by atoms with Crippen molar-refractivity contribution in [2.24, 2.45) is 4.99 Å². The fourth-order valence-corrected chi connectivity index (χ4v) is 8.58. The maximum Gasteiger partial charge on any atom is 0.678 e. The lowest BCUT2D eigenvalue weighted by molar-refractivity contribution is 0.590. The quantitative estimate of drug-likeness (QED) is 0.148. The largest absolute Gasteiger partial charge is 0.678 e. The van der Waals surface area contributed by atoms with Crippen molar-refractivity contribution in [3.63, 3.8) is 0 Å². The summed E-state index contributed by atoms with van der Waals surface area (Å²) in [6.45, 7) is 15.1. The van der Waals surface area contributed by atoms with Crippen LogP contribution in [0.15, 0.2) is 173 Å². The average Bonchev–Trinajstić information content (AvgIpc) is 3.96. The zero-order valence-electron chi connectivity index (χ0n) is 35.1. The molecule has 2 aromatic heterocycles. The molecule has 0 saturated carbocycles. The molecule has 0 atom stereocenters. The van der Waals surface area contributed by atoms with Crippen molar-refractivity contribution in [3.05, 3.63) is 197 Å². The van der Waals surface area contributed by atoms with Crippen LogP contribution in [0.25, 0.3) is 61.0 Å². The maximum atomic E-state index is 16.0. The van der Waals surface area contributed by atoms with E-state index in [9.17, 15) is 0 Å². The smallest absolute Gasteiger partial charge is 0.455 e. The summed E-state index contributed by atoms with van der Waals surface area (Å²) >= 11 is 0. The molecule has 0 saturated heterocycles. The first kappa shape index (κ1) is 39.0. The van der Waals surface area contributed by atoms with Crippen molar-refractivity contribution in [1.82, 2.24) is 4.48 Å². The fraction of sp³-hybridized carbons (Fsp3) is 0.167. The van der Waals surface area contributed by atoms with Crippen LogP contribution in [-0.2, 0) is 10.8 Å². The van der Waals surface area contributed by atoms with Gasteiger partial charge in [-0.25, -0.2) is 4.99 Å². The number of furan rings is 1. The van der Waals surface area contributed by atoms with Gasteiger partial charge in [0.15, 0.2) is 0 Å². The third kappa shape index (κ3) is 6.84. The molecule has 0 fully saturated rings. The monoisotopic (exact) mass is 788 g/mol. The Balaban J connectivity index is 1.41. The molecule has 9 rings (SSSR count). The first-order chi connectivity index (χ1) is 28.8. The van der Waals surface area contributed by atoms with E-state index in [-0.39, 0.29) is 10.8 Å². The second kappa shape index (κ2) is 14.9. The summed E-state index contributed by atoms with van der Waals surface area (Å²) in [5.41, 5.74) is 13.4. The molecular weight excluding hydrogens is 741 g/mol. The minimum absolute atomic E-state index is 0.0723. The standard InChI is InChI=1S/C54H47BF2N2O/c1-34(51-44(35-25-29-39(30-26-35)53(2,3)4)33-45(59(51)55(56)57)36-17-10-8-11-18-36)49-47(37-27-31-40(32-28-37)54(5,6)7)48(50(58-49)38-19-12-9-13-20-38)43-23-16-22-42-41-21-14-15-24-46(41)60-52(42)43/h8-33H,1-7H3/b49-34-. The molecule has 60 heavy (non-hydrogen) atoms. The number of aliphatic imine (C=N–C) groups is 1. The highest BCUT2D eigenvalue weighted by atomic mass is 19.2. The lowest BCUT2D eigenvalue weighted by atomic mass is 9.84. The number of hydrogen-bond acceptors (Lipinski definition) is 2. The number of benzene rings is 6. The van der Waals surface area contributed by atoms with Gasteiger partial charge in [-0.1, -0.05) is 187 Å². The highest BCUT2D eigenvalue weighted by Gasteiger charge is 2.35. The number of fused-ring (bicyclic) bond motifs is 3. The molecule has 6 aromatic carbocycles. The van der Waals surface area contributed by atoms with Crippen LogP contribution in [0.2, 0.25) is 0 Å². The van der Waals surface area contributed by atoms with Crippen molar-refractivity contribution in [2.45, 2.75) is 59.3 Å². The van der Waals surface area contributed by atoms with Crippen molar-refractivity contribution in [1.29, 1.82) is 0 Å². The summed E-state index contributed by atoms with van der Waals surface area (Å²) in [6.07, 6.45) is 0. The van der Waals surface area contributed by atoms with E-state index in [1.165, 1.54) is 15.6 Å². The molecule has 6 heteroatoms. The molecule has 1 aliphatic heterocycles. The normalized spacial score (nSPS) is 14.3. The van der Waals surface area contributed by atoms with Gasteiger partial charge in [0.05, 0.1) is 11.4 Å². The van der Waals surface area contributed by atoms with Gasteiger partial charge in [-0.15, -0.1) is 0 Å². The highest BCUT2D eigenvalue weighted by Crippen LogP contribution is 2.49. The Labute approximate surface area is 351 Å². The first-order valence-electron chi connectivity index (χ1n) is 20.6. The molecule has 0 amide bonds. The second-order valence-corrected chi connectivity index (χ2v) is 17.8. The predicted octanol–water partition coefficient (Wildman–Crippen LogP) is 14.9. The maximum absolute atomic E-state index is 16.0. The van der Waals surface area contributed by atoms with Gasteiger partial charge in [0, 0.05) is 50.0 Å². The van der Waals surface area contributed by atoms with E-state index in [0.29, 0.717) is 33.8 Å². The summed E-state index contributed by atoms with van der Waals surface area (Å²) in [6, 6.07) is 52.9. The molecule has 0 spiro atoms. The van der Waals surface area contributed by atoms with Crippen LogP contribution in [0.1, 0.15) is 82.0 Å². The van der Waals surface area contributed by atoms with Crippen LogP contribution in [0.4, 0.5) is 8.63 Å². The fourth-order valence-electron chi connectivity index (χ4n) is 8.58. The van der Waals surface area contributed by atoms with E-state index < -0.39 is 7.40 Å². The van der Waals surface area contributed by atoms with Crippen LogP contribution in [-0.4, -0.2) is 17.6 Å². The van der Waals surface area contributed by atoms with Gasteiger partial charge in [0.1, 0.15) is 11.2 Å². The van der Waals surface area contributed by atoms with E-state index in [1.807, 2.05) is 79.7 Å². The number of halogens is 2. The number of hydrogen-bond donors (Lipinski definition) is 0. The Morgan fingerprint density at radius 3 is 1.70 bits per heavy atom. The Morgan fingerprint density at radius 1 is 0.550 bits per heavy atom. The summed E-state index contributed by atoms with van der Waals surface area (Å²) in [7, 11) is -2.84. The van der Waals surface area contributed by atoms with Gasteiger partial charge in [-0.3, -0.25) is 8.63 Å². The van der Waals surface area contributed by atoms with E-state index in [4.69, 9.17) is 9.41 Å². The molecule has 0 N–H and O–H groups in total. The van der Waals surface area contributed by atoms with Crippen molar-refractivity contribution in [2.75, 3.05) is 0 Å². The molecule has 8 aromatic rings. The summed E-state index contributed by atoms with van der Waals surface area (Å²) in [5.74, 6) is 0. The van der Waals surface area contributed by atoms with E-state index in [0.717, 1.165) is 61.1 Å². The lowest BCUT2D eigenvalue weighted by Gasteiger charge is -2.21. The van der Waals surface area contributed by atoms with Crippen molar-refractivity contribution >= 4 is 51.8 Å². The molecule has 0 unspecified atom stereocenters. The Bertz CT molecular complexity index is 2990. The highest BCUT2D eigenvalue weighted by molar-refractivity contribution is 6.44. The number of rotatable bonds is 7. The van der Waals surface area contributed by atoms with Crippen LogP contribution < -0.4 is 0 Å². The molecule has 3 heterocycles. The lowest BCUT2D eigenvalue weighted by Crippen LogP contribution is -2.17. The molecule has 0 bridgehead atoms. The Morgan fingerprint density at radius 2 is 1.10 bits per heavy atom. The van der Waals surface area contributed by atoms with Crippen LogP contribution in [0, 0.1) is 0 Å². The van der Waals surface area contributed by atoms with Crippen LogP contribution in [0.5, 0.6) is 0 Å². The van der Waals surface area contributed by atoms with E-state index in [1.54, 1.807) is 0 Å². The molecular formula is C54H47BF2N2O. The Hall–Kier alpha value is -6.53. The molecule has 3 nitrogen and oxygen atoms in total. The zero-order chi connectivity index (χ0) is 41.9. The average molecular weight is 789 g/mol. The first-order valence-corrected chi connectivity index (χ1v) is 20.6. The topological polar surface area (TPSA) is 30.4 Å². The van der Waals surface area contributed by atoms with E-state index in [2.05, 4.69) is 126 Å². The molecule has 1 aliphatic rings. The van der Waals surface area contributed by atoms with E-state index >= 15 is 8.63 Å². The molecule has 0 aliphatic carbocycles. The Kier molecular flexibility index (Phi) is 9.70. The van der Waals surface area contributed by atoms with Crippen molar-refractivity contribution in [3.8, 4) is 22.4 Å². The van der Waals surface area contributed by atoms with Crippen LogP contribution >= 0.6 is 0 Å². The minimum Gasteiger partial charge on any atom is -0.455 e. The SMILES string of the molecule is C/C(=C1/N=C(c2ccccc2)C(c2cccc3c2oc2ccccc23)=C1c1ccc(C(C)(C)C)cc1)c1c(-c2ccc(C(C)(C)C)cc2)cc(-c2ccccc2)n1B(F)F. The van der Waals surface area contributed by atoms with Gasteiger partial charge in [0.2, 0.25) is 0 Å². The second-order valence-electron chi connectivity index (χ2n) is 17.8.